The molecule has 2 fully saturated rings. The Morgan fingerprint density at radius 3 is 1.57 bits per heavy atom. The molecule has 0 spiro atoms. The van der Waals surface area contributed by atoms with Gasteiger partial charge in [0.05, 0.1) is 85.4 Å². The van der Waals surface area contributed by atoms with Crippen LogP contribution in [0, 0.1) is 0 Å². The van der Waals surface area contributed by atoms with Crippen molar-refractivity contribution in [2.24, 2.45) is 0 Å². The van der Waals surface area contributed by atoms with Crippen LogP contribution >= 0.6 is 0 Å². The van der Waals surface area contributed by atoms with E-state index in [-0.39, 0.29) is 12.0 Å². The van der Waals surface area contributed by atoms with Crippen LogP contribution in [-0.4, -0.2) is 122 Å². The molecule has 2 aliphatic rings. The molecule has 2 saturated heterocycles. The fourth-order valence-electron chi connectivity index (χ4n) is 7.32. The van der Waals surface area contributed by atoms with Crippen LogP contribution in [0.1, 0.15) is 57.6 Å². The lowest BCUT2D eigenvalue weighted by atomic mass is 10.1. The first-order valence-corrected chi connectivity index (χ1v) is 22.6. The van der Waals surface area contributed by atoms with Crippen LogP contribution in [-0.2, 0) is 27.4 Å². The average molecular weight is 903 g/mol. The molecule has 8 aromatic heterocycles. The van der Waals surface area contributed by atoms with Crippen molar-refractivity contribution in [3.05, 3.63) is 109 Å². The lowest BCUT2D eigenvalue weighted by Crippen LogP contribution is -2.54. The normalized spacial score (nSPS) is 14.0. The van der Waals surface area contributed by atoms with Gasteiger partial charge in [0.15, 0.2) is 11.6 Å². The average Bonchev–Trinajstić information content (AvgIpc) is 3.98. The number of rotatable bonds is 16. The number of pyridine rings is 4. The summed E-state index contributed by atoms with van der Waals surface area (Å²) >= 11 is 0. The summed E-state index contributed by atoms with van der Waals surface area (Å²) in [5.41, 5.74) is 9.32. The van der Waals surface area contributed by atoms with E-state index in [0.29, 0.717) is 74.1 Å². The minimum absolute atomic E-state index is 0.0944. The molecule has 0 aliphatic carbocycles. The summed E-state index contributed by atoms with van der Waals surface area (Å²) in [7, 11) is 0. The van der Waals surface area contributed by atoms with Crippen LogP contribution in [0.5, 0.6) is 0 Å². The Labute approximate surface area is 387 Å². The van der Waals surface area contributed by atoms with Gasteiger partial charge in [0.1, 0.15) is 11.6 Å². The first kappa shape index (κ1) is 44.8. The number of anilines is 4. The highest BCUT2D eigenvalue weighted by Gasteiger charge is 2.29. The molecule has 3 N–H and O–H groups in total. The van der Waals surface area contributed by atoms with E-state index in [2.05, 4.69) is 84.2 Å². The SMILES string of the molecule is CC(=O)N1CC(OCCn2cc(-c3cnc4ccc(Nc5cc(C(C)C)cnn5)nc4c3)cn2)C1.CC(C)c1cnnc(Nc2ccc3ncc(-c4cnn(CCOC5CNC5)c4)cc3n2)c1. The van der Waals surface area contributed by atoms with E-state index in [1.807, 2.05) is 95.1 Å². The summed E-state index contributed by atoms with van der Waals surface area (Å²) in [6.07, 6.45) is 15.4. The first-order chi connectivity index (χ1) is 32.6. The Balaban J connectivity index is 0.000000169. The molecule has 0 saturated carbocycles. The quantitative estimate of drug-likeness (QED) is 0.0939. The maximum absolute atomic E-state index is 11.3. The van der Waals surface area contributed by atoms with Crippen molar-refractivity contribution in [3.8, 4) is 22.3 Å². The number of nitrogens with zero attached hydrogens (tertiary/aromatic N) is 13. The zero-order chi connectivity index (χ0) is 46.3. The molecule has 0 unspecified atom stereocenters. The largest absolute Gasteiger partial charge is 0.374 e. The van der Waals surface area contributed by atoms with Crippen molar-refractivity contribution >= 4 is 51.2 Å². The second-order valence-electron chi connectivity index (χ2n) is 17.3. The van der Waals surface area contributed by atoms with Gasteiger partial charge < -0.3 is 30.3 Å². The van der Waals surface area contributed by atoms with Crippen molar-refractivity contribution in [1.29, 1.82) is 0 Å². The number of hydrogen-bond donors (Lipinski definition) is 3. The standard InChI is InChI=1S/C25H28N8O2.C23H26N8O/c1-16(2)18-9-25(31-27-11-18)30-24-5-4-22-23(29-24)8-19(10-26-22)20-12-28-33(13-20)6-7-35-21-14-32(15-21)17(3)34;1-15(2)16-8-23(30-26-10-16)29-22-4-3-20-21(28-22)7-17(9-25-20)18-11-27-31(14-18)5-6-32-19-12-24-13-19/h4-5,8-13,16,21H,6-7,14-15H2,1-3H3,(H,29,30,31);3-4,7-11,14-15,19,24H,5-6,12-13H2,1-2H3,(H,28,29,30). The summed E-state index contributed by atoms with van der Waals surface area (Å²) in [5.74, 6) is 3.55. The predicted octanol–water partition coefficient (Wildman–Crippen LogP) is 6.54. The smallest absolute Gasteiger partial charge is 0.219 e. The van der Waals surface area contributed by atoms with Crippen molar-refractivity contribution in [1.82, 2.24) is 70.1 Å². The van der Waals surface area contributed by atoms with Gasteiger partial charge in [-0.05, 0) is 71.5 Å². The van der Waals surface area contributed by atoms with Crippen molar-refractivity contribution in [2.75, 3.05) is 50.0 Å². The molecule has 19 heteroatoms. The molecule has 0 aromatic carbocycles. The van der Waals surface area contributed by atoms with Crippen LogP contribution in [0.2, 0.25) is 0 Å². The number of ether oxygens (including phenoxy) is 2. The number of carbonyl (C=O) groups excluding carboxylic acids is 1. The number of nitrogens with one attached hydrogen (secondary N) is 3. The first-order valence-electron chi connectivity index (χ1n) is 22.6. The summed E-state index contributed by atoms with van der Waals surface area (Å²) in [5, 5.41) is 35.1. The zero-order valence-electron chi connectivity index (χ0n) is 38.2. The van der Waals surface area contributed by atoms with Crippen molar-refractivity contribution < 1.29 is 14.3 Å². The van der Waals surface area contributed by atoms with E-state index in [4.69, 9.17) is 19.4 Å². The molecule has 10 rings (SSSR count). The van der Waals surface area contributed by atoms with E-state index in [0.717, 1.165) is 75.1 Å². The Kier molecular flexibility index (Phi) is 13.7. The number of fused-ring (bicyclic) bond motifs is 2. The molecule has 344 valence electrons. The monoisotopic (exact) mass is 902 g/mol. The van der Waals surface area contributed by atoms with Crippen LogP contribution in [0.3, 0.4) is 0 Å². The topological polar surface area (TPSA) is 214 Å². The van der Waals surface area contributed by atoms with Gasteiger partial charge in [-0.1, -0.05) is 27.7 Å². The summed E-state index contributed by atoms with van der Waals surface area (Å²) < 4.78 is 15.4. The molecule has 2 aliphatic heterocycles. The fourth-order valence-corrected chi connectivity index (χ4v) is 7.32. The second kappa shape index (κ2) is 20.4. The van der Waals surface area contributed by atoms with E-state index in [1.54, 1.807) is 24.2 Å². The van der Waals surface area contributed by atoms with Gasteiger partial charge in [-0.3, -0.25) is 24.1 Å². The molecule has 0 radical (unpaired) electrons. The minimum Gasteiger partial charge on any atom is -0.374 e. The lowest BCUT2D eigenvalue weighted by Gasteiger charge is -2.38. The van der Waals surface area contributed by atoms with Gasteiger partial charge >= 0.3 is 0 Å². The number of likely N-dealkylation sites (tertiary alicyclic amines) is 1. The highest BCUT2D eigenvalue weighted by molar-refractivity contribution is 5.83. The molecule has 1 amide bonds. The van der Waals surface area contributed by atoms with E-state index < -0.39 is 0 Å². The van der Waals surface area contributed by atoms with E-state index in [9.17, 15) is 4.79 Å². The zero-order valence-corrected chi connectivity index (χ0v) is 38.2. The number of amides is 1. The third kappa shape index (κ3) is 11.4. The summed E-state index contributed by atoms with van der Waals surface area (Å²) in [4.78, 5) is 31.6. The van der Waals surface area contributed by atoms with Gasteiger partial charge in [-0.2, -0.15) is 20.4 Å². The van der Waals surface area contributed by atoms with Crippen LogP contribution in [0.15, 0.2) is 98.1 Å². The molecule has 8 aromatic rings. The maximum Gasteiger partial charge on any atom is 0.219 e. The highest BCUT2D eigenvalue weighted by atomic mass is 16.5. The van der Waals surface area contributed by atoms with Gasteiger partial charge in [-0.25, -0.2) is 9.97 Å². The molecular weight excluding hydrogens is 849 g/mol. The van der Waals surface area contributed by atoms with E-state index >= 15 is 0 Å². The third-order valence-electron chi connectivity index (χ3n) is 11.6. The molecule has 10 heterocycles. The van der Waals surface area contributed by atoms with Gasteiger partial charge in [0.25, 0.3) is 0 Å². The Morgan fingerprint density at radius 2 is 1.12 bits per heavy atom. The Hall–Kier alpha value is -7.35. The highest BCUT2D eigenvalue weighted by Crippen LogP contribution is 2.26. The number of aromatic nitrogens is 12. The minimum atomic E-state index is 0.0944. The summed E-state index contributed by atoms with van der Waals surface area (Å²) in [6.45, 7) is 15.8. The number of hydrogen-bond acceptors (Lipinski definition) is 16. The van der Waals surface area contributed by atoms with Crippen LogP contribution < -0.4 is 16.0 Å². The molecular formula is C48H54N16O3. The second-order valence-corrected chi connectivity index (χ2v) is 17.3. The predicted molar refractivity (Wildman–Crippen MR) is 255 cm³/mol. The Bertz CT molecular complexity index is 2960. The summed E-state index contributed by atoms with van der Waals surface area (Å²) in [6, 6.07) is 15.7. The fraction of sp³-hybridized carbons (Fsp3) is 0.354. The Morgan fingerprint density at radius 1 is 0.627 bits per heavy atom. The molecule has 0 bridgehead atoms. The number of carbonyl (C=O) groups is 1. The lowest BCUT2D eigenvalue weighted by molar-refractivity contribution is -0.142. The molecule has 19 nitrogen and oxygen atoms in total. The third-order valence-corrected chi connectivity index (χ3v) is 11.6. The van der Waals surface area contributed by atoms with Gasteiger partial charge in [0.2, 0.25) is 5.91 Å². The van der Waals surface area contributed by atoms with Gasteiger partial charge in [0, 0.05) is 80.1 Å². The van der Waals surface area contributed by atoms with Gasteiger partial charge in [-0.15, -0.1) is 10.2 Å². The van der Waals surface area contributed by atoms with Crippen molar-refractivity contribution in [3.63, 3.8) is 0 Å². The van der Waals surface area contributed by atoms with E-state index in [1.165, 1.54) is 0 Å². The van der Waals surface area contributed by atoms with Crippen LogP contribution in [0.25, 0.3) is 44.3 Å². The van der Waals surface area contributed by atoms with Crippen LogP contribution in [0.4, 0.5) is 23.3 Å². The molecule has 0 atom stereocenters. The van der Waals surface area contributed by atoms with Crippen molar-refractivity contribution in [2.45, 2.75) is 71.8 Å². The molecule has 67 heavy (non-hydrogen) atoms. The maximum atomic E-state index is 11.3.